The number of nitrogens with zero attached hydrogens (tertiary/aromatic N) is 2. The maximum atomic E-state index is 14.3. The van der Waals surface area contributed by atoms with Crippen LogP contribution in [0, 0.1) is 0 Å². The van der Waals surface area contributed by atoms with Crippen molar-refractivity contribution in [3.8, 4) is 16.9 Å². The van der Waals surface area contributed by atoms with Gasteiger partial charge < -0.3 is 19.9 Å². The standard InChI is InChI=1S/C35H28F9N3O6S2/c36-33(37,38)22-13-20(14-23(17-22)34(39,40)41)26-18-24(35(42,43)44)15-21(29(26)53-12-9-46-7-10-52-11-8-46)16-27-30(49)47(32(54)55-27)6-5-28(48)45-25-3-1-19(2-4-25)31(50)51/h1-4,13-18H,5-12H2,(H,45,48)(H,50,51). The molecular formula is C35H28F9N3O6S2. The average molecular weight is 822 g/mol. The summed E-state index contributed by atoms with van der Waals surface area (Å²) >= 11 is 5.94. The highest BCUT2D eigenvalue weighted by molar-refractivity contribution is 8.26. The fourth-order valence-electron chi connectivity index (χ4n) is 5.48. The molecule has 5 rings (SSSR count). The Morgan fingerprint density at radius 1 is 0.873 bits per heavy atom. The predicted molar refractivity (Wildman–Crippen MR) is 186 cm³/mol. The maximum absolute atomic E-state index is 14.3. The number of hydrogen-bond acceptors (Lipinski definition) is 8. The first-order valence-electron chi connectivity index (χ1n) is 16.1. The third kappa shape index (κ3) is 10.6. The number of aromatic carboxylic acids is 1. The molecule has 3 aromatic rings. The number of nitrogens with one attached hydrogen (secondary N) is 1. The number of carbonyl (C=O) groups excluding carboxylic acids is 2. The number of rotatable bonds is 11. The van der Waals surface area contributed by atoms with Gasteiger partial charge >= 0.3 is 24.5 Å². The molecule has 0 radical (unpaired) electrons. The Hall–Kier alpha value is -4.66. The number of hydrogen-bond donors (Lipinski definition) is 2. The van der Waals surface area contributed by atoms with Gasteiger partial charge in [0.25, 0.3) is 5.91 Å². The molecule has 0 atom stereocenters. The van der Waals surface area contributed by atoms with Gasteiger partial charge in [-0.1, -0.05) is 24.0 Å². The van der Waals surface area contributed by atoms with Gasteiger partial charge in [-0.05, 0) is 66.2 Å². The SMILES string of the molecule is O=C(CCN1C(=O)C(=Cc2cc(C(F)(F)F)cc(-c3cc(C(F)(F)F)cc(C(F)(F)F)c3)c2OCCN2CCOCC2)SC1=S)Nc1ccc(C(=O)O)cc1. The van der Waals surface area contributed by atoms with E-state index < -0.39 is 75.4 Å². The molecule has 55 heavy (non-hydrogen) atoms. The fraction of sp³-hybridized carbons (Fsp3) is 0.314. The van der Waals surface area contributed by atoms with Gasteiger partial charge in [0, 0.05) is 49.4 Å². The van der Waals surface area contributed by atoms with E-state index in [0.717, 1.165) is 11.0 Å². The van der Waals surface area contributed by atoms with Crippen LogP contribution in [0.2, 0.25) is 0 Å². The van der Waals surface area contributed by atoms with Gasteiger partial charge in [-0.25, -0.2) is 4.79 Å². The summed E-state index contributed by atoms with van der Waals surface area (Å²) in [4.78, 5) is 39.8. The van der Waals surface area contributed by atoms with Gasteiger partial charge in [-0.15, -0.1) is 0 Å². The number of alkyl halides is 9. The third-order valence-electron chi connectivity index (χ3n) is 8.24. The molecule has 2 heterocycles. The molecule has 9 nitrogen and oxygen atoms in total. The Kier molecular flexibility index (Phi) is 12.5. The lowest BCUT2D eigenvalue weighted by molar-refractivity contribution is -0.143. The average Bonchev–Trinajstić information content (AvgIpc) is 3.37. The number of thiocarbonyl (C=S) groups is 1. The molecule has 0 aromatic heterocycles. The van der Waals surface area contributed by atoms with Crippen LogP contribution in [-0.4, -0.2) is 83.0 Å². The summed E-state index contributed by atoms with van der Waals surface area (Å²) in [7, 11) is 0. The van der Waals surface area contributed by atoms with Crippen molar-refractivity contribution in [1.82, 2.24) is 9.80 Å². The first-order valence-corrected chi connectivity index (χ1v) is 17.3. The molecule has 0 bridgehead atoms. The van der Waals surface area contributed by atoms with Crippen molar-refractivity contribution in [2.45, 2.75) is 24.9 Å². The van der Waals surface area contributed by atoms with Gasteiger partial charge in [-0.2, -0.15) is 39.5 Å². The normalized spacial score (nSPS) is 16.5. The lowest BCUT2D eigenvalue weighted by atomic mass is 9.94. The highest BCUT2D eigenvalue weighted by atomic mass is 32.2. The van der Waals surface area contributed by atoms with Crippen LogP contribution in [0.3, 0.4) is 0 Å². The van der Waals surface area contributed by atoms with Gasteiger partial charge in [0.1, 0.15) is 16.7 Å². The van der Waals surface area contributed by atoms with Crippen LogP contribution in [0.4, 0.5) is 45.2 Å². The molecule has 2 amide bonds. The molecule has 3 aromatic carbocycles. The molecule has 2 aliphatic rings. The van der Waals surface area contributed by atoms with Crippen LogP contribution in [0.1, 0.15) is 39.0 Å². The number of ether oxygens (including phenoxy) is 2. The van der Waals surface area contributed by atoms with E-state index in [1.165, 1.54) is 24.3 Å². The summed E-state index contributed by atoms with van der Waals surface area (Å²) in [6.45, 7) is 1.25. The molecule has 0 saturated carbocycles. The maximum Gasteiger partial charge on any atom is 0.416 e. The molecule has 2 N–H and O–H groups in total. The number of halogens is 9. The quantitative estimate of drug-likeness (QED) is 0.113. The topological polar surface area (TPSA) is 108 Å². The summed E-state index contributed by atoms with van der Waals surface area (Å²) in [5.74, 6) is -3.14. The molecule has 0 aliphatic carbocycles. The van der Waals surface area contributed by atoms with Crippen LogP contribution < -0.4 is 10.1 Å². The monoisotopic (exact) mass is 821 g/mol. The Labute approximate surface area is 316 Å². The van der Waals surface area contributed by atoms with Crippen molar-refractivity contribution in [1.29, 1.82) is 0 Å². The van der Waals surface area contributed by atoms with Crippen molar-refractivity contribution in [2.75, 3.05) is 51.3 Å². The second-order valence-corrected chi connectivity index (χ2v) is 13.7. The molecule has 0 unspecified atom stereocenters. The zero-order chi connectivity index (χ0) is 40.3. The Morgan fingerprint density at radius 3 is 2.02 bits per heavy atom. The van der Waals surface area contributed by atoms with Gasteiger partial charge in [0.15, 0.2) is 0 Å². The minimum Gasteiger partial charge on any atom is -0.491 e. The van der Waals surface area contributed by atoms with Crippen molar-refractivity contribution >= 4 is 57.8 Å². The lowest BCUT2D eigenvalue weighted by Crippen LogP contribution is -2.38. The minimum absolute atomic E-state index is 0.0261. The molecule has 294 valence electrons. The third-order valence-corrected chi connectivity index (χ3v) is 9.62. The number of benzene rings is 3. The number of carbonyl (C=O) groups is 3. The highest BCUT2D eigenvalue weighted by Crippen LogP contribution is 2.45. The van der Waals surface area contributed by atoms with E-state index >= 15 is 0 Å². The molecule has 0 spiro atoms. The summed E-state index contributed by atoms with van der Waals surface area (Å²) in [6, 6.07) is 6.56. The van der Waals surface area contributed by atoms with Crippen molar-refractivity contribution in [2.24, 2.45) is 0 Å². The van der Waals surface area contributed by atoms with Crippen LogP contribution in [0.5, 0.6) is 5.75 Å². The molecule has 2 aliphatic heterocycles. The number of carboxylic acid groups (broad SMARTS) is 1. The number of carboxylic acids is 1. The number of thioether (sulfide) groups is 1. The Balaban J connectivity index is 1.52. The Bertz CT molecular complexity index is 1960. The molecular weight excluding hydrogens is 794 g/mol. The van der Waals surface area contributed by atoms with E-state index in [1.807, 2.05) is 4.90 Å². The van der Waals surface area contributed by atoms with Gasteiger partial charge in [0.05, 0.1) is 40.4 Å². The zero-order valence-electron chi connectivity index (χ0n) is 28.0. The minimum atomic E-state index is -5.31. The van der Waals surface area contributed by atoms with Gasteiger partial charge in [0.2, 0.25) is 5.91 Å². The summed E-state index contributed by atoms with van der Waals surface area (Å²) < 4.78 is 137. The molecule has 2 fully saturated rings. The van der Waals surface area contributed by atoms with Crippen LogP contribution in [0.15, 0.2) is 59.5 Å². The largest absolute Gasteiger partial charge is 0.491 e. The fourth-order valence-corrected chi connectivity index (χ4v) is 6.78. The van der Waals surface area contributed by atoms with Crippen LogP contribution in [-0.2, 0) is 32.9 Å². The molecule has 20 heteroatoms. The predicted octanol–water partition coefficient (Wildman–Crippen LogP) is 8.05. The highest BCUT2D eigenvalue weighted by Gasteiger charge is 2.39. The van der Waals surface area contributed by atoms with E-state index in [2.05, 4.69) is 5.32 Å². The second kappa shape index (κ2) is 16.6. The smallest absolute Gasteiger partial charge is 0.416 e. The number of morpholine rings is 1. The summed E-state index contributed by atoms with van der Waals surface area (Å²) in [5.41, 5.74) is -6.87. The van der Waals surface area contributed by atoms with Gasteiger partial charge in [-0.3, -0.25) is 19.4 Å². The van der Waals surface area contributed by atoms with E-state index in [0.29, 0.717) is 50.2 Å². The summed E-state index contributed by atoms with van der Waals surface area (Å²) in [6.07, 6.45) is -15.1. The van der Waals surface area contributed by atoms with Crippen LogP contribution >= 0.6 is 24.0 Å². The van der Waals surface area contributed by atoms with E-state index in [1.54, 1.807) is 0 Å². The molecule has 2 saturated heterocycles. The van der Waals surface area contributed by atoms with Crippen LogP contribution in [0.25, 0.3) is 17.2 Å². The van der Waals surface area contributed by atoms with E-state index in [-0.39, 0.29) is 64.8 Å². The van der Waals surface area contributed by atoms with E-state index in [4.69, 9.17) is 26.8 Å². The number of anilines is 1. The first-order chi connectivity index (χ1) is 25.7. The summed E-state index contributed by atoms with van der Waals surface area (Å²) in [5, 5.41) is 11.6. The van der Waals surface area contributed by atoms with E-state index in [9.17, 15) is 53.9 Å². The second-order valence-electron chi connectivity index (χ2n) is 12.1. The van der Waals surface area contributed by atoms with Crippen molar-refractivity contribution in [3.05, 3.63) is 87.3 Å². The van der Waals surface area contributed by atoms with Crippen molar-refractivity contribution < 1.29 is 68.5 Å². The first kappa shape index (κ1) is 41.5. The lowest BCUT2D eigenvalue weighted by Gasteiger charge is -2.27. The Morgan fingerprint density at radius 2 is 1.45 bits per heavy atom. The van der Waals surface area contributed by atoms with Crippen molar-refractivity contribution in [3.63, 3.8) is 0 Å². The number of amides is 2. The zero-order valence-corrected chi connectivity index (χ0v) is 29.7.